The first-order valence-corrected chi connectivity index (χ1v) is 9.84. The number of hydrogen-bond acceptors (Lipinski definition) is 5. The highest BCUT2D eigenvalue weighted by atomic mass is 35.5. The Bertz CT molecular complexity index is 1180. The molecule has 2 aromatic rings. The van der Waals surface area contributed by atoms with E-state index in [9.17, 15) is 13.7 Å². The maximum Gasteiger partial charge on any atom is 0.264 e. The van der Waals surface area contributed by atoms with Gasteiger partial charge in [0.05, 0.1) is 11.6 Å². The summed E-state index contributed by atoms with van der Waals surface area (Å²) in [6, 6.07) is 15.7. The second-order valence-corrected chi connectivity index (χ2v) is 8.47. The van der Waals surface area contributed by atoms with Crippen molar-refractivity contribution in [3.05, 3.63) is 81.0 Å². The predicted molar refractivity (Wildman–Crippen MR) is 103 cm³/mol. The summed E-state index contributed by atoms with van der Waals surface area (Å²) in [6.07, 6.45) is 0. The van der Waals surface area contributed by atoms with Gasteiger partial charge in [0, 0.05) is 17.6 Å². The summed E-state index contributed by atoms with van der Waals surface area (Å²) in [6.45, 7) is 0. The first-order chi connectivity index (χ1) is 12.9. The van der Waals surface area contributed by atoms with Gasteiger partial charge in [-0.3, -0.25) is 4.31 Å². The number of para-hydroxylation sites is 1. The third-order valence-corrected chi connectivity index (χ3v) is 6.95. The Kier molecular flexibility index (Phi) is 3.91. The van der Waals surface area contributed by atoms with Gasteiger partial charge in [0.1, 0.15) is 16.5 Å². The Morgan fingerprint density at radius 2 is 1.85 bits per heavy atom. The lowest BCUT2D eigenvalue weighted by Crippen LogP contribution is -2.37. The highest BCUT2D eigenvalue weighted by molar-refractivity contribution is 7.96. The van der Waals surface area contributed by atoms with E-state index in [0.717, 1.165) is 0 Å². The lowest BCUT2D eigenvalue weighted by Gasteiger charge is -2.36. The van der Waals surface area contributed by atoms with E-state index in [0.29, 0.717) is 21.8 Å². The molecule has 2 heterocycles. The molecule has 0 bridgehead atoms. The highest BCUT2D eigenvalue weighted by Crippen LogP contribution is 2.51. The molecule has 0 saturated carbocycles. The Morgan fingerprint density at radius 1 is 1.19 bits per heavy atom. The third kappa shape index (κ3) is 2.41. The minimum Gasteiger partial charge on any atom is -0.439 e. The van der Waals surface area contributed by atoms with E-state index >= 15 is 0 Å². The molecule has 0 spiro atoms. The summed E-state index contributed by atoms with van der Waals surface area (Å²) in [5, 5.41) is 10.0. The van der Waals surface area contributed by atoms with Crippen molar-refractivity contribution in [2.24, 2.45) is 5.73 Å². The van der Waals surface area contributed by atoms with Crippen molar-refractivity contribution < 1.29 is 13.2 Å². The van der Waals surface area contributed by atoms with Crippen molar-refractivity contribution in [2.75, 3.05) is 11.4 Å². The first kappa shape index (κ1) is 17.5. The number of rotatable bonds is 1. The number of benzene rings is 2. The lowest BCUT2D eigenvalue weighted by atomic mass is 9.88. The van der Waals surface area contributed by atoms with Crippen LogP contribution < -0.4 is 10.0 Å². The molecule has 27 heavy (non-hydrogen) atoms. The average molecular weight is 400 g/mol. The van der Waals surface area contributed by atoms with Crippen molar-refractivity contribution >= 4 is 33.1 Å². The minimum absolute atomic E-state index is 0.0122. The molecule has 0 aliphatic carbocycles. The quantitative estimate of drug-likeness (QED) is 0.793. The molecule has 0 radical (unpaired) electrons. The minimum atomic E-state index is -3.97. The molecule has 6 nitrogen and oxygen atoms in total. The predicted octanol–water partition coefficient (Wildman–Crippen LogP) is 3.30. The van der Waals surface area contributed by atoms with Crippen LogP contribution in [0.3, 0.4) is 0 Å². The summed E-state index contributed by atoms with van der Waals surface area (Å²) in [5.74, 6) is -0.950. The van der Waals surface area contributed by atoms with Crippen molar-refractivity contribution in [3.8, 4) is 6.07 Å². The maximum atomic E-state index is 13.3. The van der Waals surface area contributed by atoms with E-state index in [-0.39, 0.29) is 22.1 Å². The molecule has 2 aliphatic heterocycles. The fourth-order valence-corrected chi connectivity index (χ4v) is 5.30. The Labute approximate surface area is 161 Å². The van der Waals surface area contributed by atoms with Gasteiger partial charge in [-0.2, -0.15) is 5.26 Å². The smallest absolute Gasteiger partial charge is 0.264 e. The van der Waals surface area contributed by atoms with Crippen LogP contribution in [0.1, 0.15) is 17.0 Å². The zero-order valence-electron chi connectivity index (χ0n) is 14.2. The monoisotopic (exact) mass is 399 g/mol. The highest BCUT2D eigenvalue weighted by Gasteiger charge is 2.46. The van der Waals surface area contributed by atoms with E-state index in [2.05, 4.69) is 0 Å². The molecular weight excluding hydrogens is 386 g/mol. The van der Waals surface area contributed by atoms with Crippen LogP contribution in [0.15, 0.2) is 64.9 Å². The van der Waals surface area contributed by atoms with Gasteiger partial charge in [0.2, 0.25) is 5.88 Å². The standard InChI is InChI=1S/C19H14ClN3O3S/c1-23-15-9-5-3-7-12(15)17-18(27(23,24)25)16(13(10-21)19(22)26-17)11-6-2-4-8-14(11)20/h2-9,16H,22H2,1H3/t16-/m0/s1. The van der Waals surface area contributed by atoms with Gasteiger partial charge in [-0.1, -0.05) is 41.9 Å². The Balaban J connectivity index is 2.11. The number of allylic oxidation sites excluding steroid dienone is 2. The molecule has 0 amide bonds. The molecular formula is C19H14ClN3O3S. The molecule has 0 saturated heterocycles. The summed E-state index contributed by atoms with van der Waals surface area (Å²) < 4.78 is 33.5. The van der Waals surface area contributed by atoms with E-state index in [4.69, 9.17) is 22.1 Å². The van der Waals surface area contributed by atoms with Gasteiger partial charge in [-0.05, 0) is 23.8 Å². The number of nitriles is 1. The van der Waals surface area contributed by atoms with Crippen molar-refractivity contribution in [2.45, 2.75) is 5.92 Å². The van der Waals surface area contributed by atoms with Gasteiger partial charge in [-0.25, -0.2) is 8.42 Å². The van der Waals surface area contributed by atoms with Crippen LogP contribution in [0, 0.1) is 11.3 Å². The summed E-state index contributed by atoms with van der Waals surface area (Å²) in [4.78, 5) is -0.0393. The zero-order valence-corrected chi connectivity index (χ0v) is 15.8. The van der Waals surface area contributed by atoms with Crippen LogP contribution in [-0.4, -0.2) is 15.5 Å². The zero-order chi connectivity index (χ0) is 19.3. The van der Waals surface area contributed by atoms with E-state index in [1.807, 2.05) is 6.07 Å². The average Bonchev–Trinajstić information content (AvgIpc) is 2.66. The van der Waals surface area contributed by atoms with Crippen molar-refractivity contribution in [1.29, 1.82) is 5.26 Å². The number of fused-ring (bicyclic) bond motifs is 2. The van der Waals surface area contributed by atoms with Crippen LogP contribution in [0.2, 0.25) is 5.02 Å². The van der Waals surface area contributed by atoms with E-state index in [1.165, 1.54) is 11.4 Å². The number of sulfonamides is 1. The molecule has 0 unspecified atom stereocenters. The molecule has 0 aromatic heterocycles. The van der Waals surface area contributed by atoms with Gasteiger partial charge in [-0.15, -0.1) is 0 Å². The van der Waals surface area contributed by atoms with Gasteiger partial charge in [0.15, 0.2) is 5.76 Å². The topological polar surface area (TPSA) is 96.4 Å². The fraction of sp³-hybridized carbons (Fsp3) is 0.105. The summed E-state index contributed by atoms with van der Waals surface area (Å²) in [5.41, 5.74) is 7.55. The Hall–Kier alpha value is -2.95. The molecule has 2 aromatic carbocycles. The Morgan fingerprint density at radius 3 is 2.56 bits per heavy atom. The third-order valence-electron chi connectivity index (χ3n) is 4.72. The van der Waals surface area contributed by atoms with Crippen LogP contribution in [-0.2, 0) is 14.8 Å². The van der Waals surface area contributed by atoms with Crippen LogP contribution in [0.5, 0.6) is 0 Å². The van der Waals surface area contributed by atoms with Crippen LogP contribution in [0.25, 0.3) is 5.76 Å². The number of hydrogen-bond donors (Lipinski definition) is 1. The molecule has 136 valence electrons. The largest absolute Gasteiger partial charge is 0.439 e. The van der Waals surface area contributed by atoms with Gasteiger partial charge in [0.25, 0.3) is 10.0 Å². The van der Waals surface area contributed by atoms with Crippen LogP contribution in [0.4, 0.5) is 5.69 Å². The van der Waals surface area contributed by atoms with Crippen molar-refractivity contribution in [1.82, 2.24) is 0 Å². The number of ether oxygens (including phenoxy) is 1. The van der Waals surface area contributed by atoms with Gasteiger partial charge < -0.3 is 10.5 Å². The van der Waals surface area contributed by atoms with Crippen molar-refractivity contribution in [3.63, 3.8) is 0 Å². The number of halogens is 1. The SMILES string of the molecule is CN1c2ccccc2C2=C([C@@H](c3ccccc3Cl)C(C#N)=C(N)O2)S1(=O)=O. The summed E-state index contributed by atoms with van der Waals surface area (Å²) in [7, 11) is -2.50. The molecule has 1 atom stereocenters. The van der Waals surface area contributed by atoms with E-state index in [1.54, 1.807) is 48.5 Å². The second-order valence-electron chi connectivity index (χ2n) is 6.13. The van der Waals surface area contributed by atoms with Gasteiger partial charge >= 0.3 is 0 Å². The van der Waals surface area contributed by atoms with E-state index < -0.39 is 15.9 Å². The molecule has 2 N–H and O–H groups in total. The van der Waals surface area contributed by atoms with Crippen LogP contribution >= 0.6 is 11.6 Å². The fourth-order valence-electron chi connectivity index (χ4n) is 3.42. The summed E-state index contributed by atoms with van der Waals surface area (Å²) >= 11 is 6.34. The lowest BCUT2D eigenvalue weighted by molar-refractivity contribution is 0.357. The maximum absolute atomic E-state index is 13.3. The number of nitrogens with zero attached hydrogens (tertiary/aromatic N) is 2. The second kappa shape index (κ2) is 6.05. The molecule has 2 aliphatic rings. The number of nitrogens with two attached hydrogens (primary N) is 1. The first-order valence-electron chi connectivity index (χ1n) is 8.02. The normalized spacial score (nSPS) is 20.5. The molecule has 8 heteroatoms. The number of anilines is 1. The molecule has 0 fully saturated rings. The molecule has 4 rings (SSSR count).